The van der Waals surface area contributed by atoms with E-state index in [-0.39, 0.29) is 25.7 Å². The van der Waals surface area contributed by atoms with Gasteiger partial charge in [0.15, 0.2) is 12.2 Å². The molecule has 0 amide bonds. The number of hydrogen-bond acceptors (Lipinski definition) is 15. The lowest BCUT2D eigenvalue weighted by Crippen LogP contribution is -2.30. The summed E-state index contributed by atoms with van der Waals surface area (Å²) in [5, 5.41) is 10.6. The average molecular weight is 1380 g/mol. The minimum Gasteiger partial charge on any atom is -0.462 e. The van der Waals surface area contributed by atoms with E-state index in [1.54, 1.807) is 0 Å². The largest absolute Gasteiger partial charge is 0.472 e. The van der Waals surface area contributed by atoms with Crippen LogP contribution in [0.2, 0.25) is 0 Å². The molecule has 0 aliphatic rings. The monoisotopic (exact) mass is 1380 g/mol. The van der Waals surface area contributed by atoms with Gasteiger partial charge in [-0.05, 0) is 69.1 Å². The molecule has 0 saturated heterocycles. The summed E-state index contributed by atoms with van der Waals surface area (Å²) in [4.78, 5) is 72.7. The van der Waals surface area contributed by atoms with Gasteiger partial charge in [-0.3, -0.25) is 37.3 Å². The summed E-state index contributed by atoms with van der Waals surface area (Å²) >= 11 is 0. The van der Waals surface area contributed by atoms with Gasteiger partial charge in [-0.2, -0.15) is 0 Å². The second kappa shape index (κ2) is 65.2. The molecular formula is C75H142O17P2. The quantitative estimate of drug-likeness (QED) is 0.0169. The van der Waals surface area contributed by atoms with Crippen LogP contribution < -0.4 is 0 Å². The Balaban J connectivity index is 5.28. The predicted molar refractivity (Wildman–Crippen MR) is 381 cm³/mol. The van der Waals surface area contributed by atoms with E-state index in [1.165, 1.54) is 148 Å². The lowest BCUT2D eigenvalue weighted by atomic mass is 10.0. The van der Waals surface area contributed by atoms with E-state index in [9.17, 15) is 43.2 Å². The van der Waals surface area contributed by atoms with Crippen LogP contribution >= 0.6 is 15.6 Å². The zero-order chi connectivity index (χ0) is 69.4. The van der Waals surface area contributed by atoms with E-state index in [1.807, 2.05) is 0 Å². The maximum absolute atomic E-state index is 13.1. The van der Waals surface area contributed by atoms with Crippen LogP contribution in [0.25, 0.3) is 0 Å². The Kier molecular flexibility index (Phi) is 63.5. The van der Waals surface area contributed by atoms with Crippen molar-refractivity contribution in [3.63, 3.8) is 0 Å². The number of rotatable bonds is 71. The lowest BCUT2D eigenvalue weighted by Gasteiger charge is -2.21. The Hall–Kier alpha value is -2.46. The highest BCUT2D eigenvalue weighted by Crippen LogP contribution is 2.45. The molecule has 0 aromatic heterocycles. The van der Waals surface area contributed by atoms with Crippen molar-refractivity contribution >= 4 is 39.5 Å². The number of allylic oxidation sites excluding steroid dienone is 4. The summed E-state index contributed by atoms with van der Waals surface area (Å²) in [6.45, 7) is 11.8. The van der Waals surface area contributed by atoms with Crippen molar-refractivity contribution in [1.29, 1.82) is 0 Å². The normalized spacial score (nSPS) is 14.3. The number of phosphoric ester groups is 2. The van der Waals surface area contributed by atoms with Gasteiger partial charge in [-0.15, -0.1) is 0 Å². The van der Waals surface area contributed by atoms with Gasteiger partial charge in [0.05, 0.1) is 26.4 Å². The molecule has 17 nitrogen and oxygen atoms in total. The first-order chi connectivity index (χ1) is 45.2. The standard InChI is InChI=1S/C75H142O17P2/c1-8-9-10-11-12-13-14-15-16-19-23-29-36-44-51-58-74(79)92-71(63-86-73(78)57-50-43-38-31-34-41-48-55-68(6)7)65-90-94(83,84)88-61-69(76)60-87-93(81,82)89-64-70(91-75(80)59-52-45-37-30-25-24-27-33-40-47-54-67(4)5)62-85-72(77)56-49-42-35-28-22-20-17-18-21-26-32-39-46-53-66(2)3/h13-16,66-71,76H,8-12,17-65H2,1-7H3,(H,81,82)(H,83,84)/b14-13-,16-15-/t69?,70-,71-/m1/s1. The third-order valence-corrected chi connectivity index (χ3v) is 18.7. The molecule has 0 aliphatic heterocycles. The van der Waals surface area contributed by atoms with Crippen LogP contribution in [0.4, 0.5) is 0 Å². The van der Waals surface area contributed by atoms with Crippen LogP contribution in [-0.4, -0.2) is 96.7 Å². The van der Waals surface area contributed by atoms with Gasteiger partial charge >= 0.3 is 39.5 Å². The minimum absolute atomic E-state index is 0.0839. The van der Waals surface area contributed by atoms with Gasteiger partial charge in [0.25, 0.3) is 0 Å². The Bertz CT molecular complexity index is 1930. The number of unbranched alkanes of at least 4 members (excludes halogenated alkanes) is 36. The van der Waals surface area contributed by atoms with E-state index in [4.69, 9.17) is 37.0 Å². The summed E-state index contributed by atoms with van der Waals surface area (Å²) < 4.78 is 68.4. The number of aliphatic hydroxyl groups is 1. The second-order valence-corrected chi connectivity index (χ2v) is 30.7. The molecule has 5 atom stereocenters. The number of carbonyl (C=O) groups excluding carboxylic acids is 4. The van der Waals surface area contributed by atoms with Crippen LogP contribution in [0.1, 0.15) is 357 Å². The number of esters is 4. The molecule has 0 saturated carbocycles. The molecule has 3 N–H and O–H groups in total. The van der Waals surface area contributed by atoms with Gasteiger partial charge in [0.1, 0.15) is 19.3 Å². The highest BCUT2D eigenvalue weighted by molar-refractivity contribution is 7.47. The number of hydrogen-bond donors (Lipinski definition) is 3. The lowest BCUT2D eigenvalue weighted by molar-refractivity contribution is -0.161. The van der Waals surface area contributed by atoms with Gasteiger partial charge in [0, 0.05) is 25.7 Å². The van der Waals surface area contributed by atoms with Crippen molar-refractivity contribution in [2.45, 2.75) is 375 Å². The molecule has 0 bridgehead atoms. The molecule has 0 radical (unpaired) electrons. The molecule has 0 heterocycles. The fourth-order valence-corrected chi connectivity index (χ4v) is 12.5. The molecule has 3 unspecified atom stereocenters. The Morgan fingerprint density at radius 2 is 0.574 bits per heavy atom. The first-order valence-corrected chi connectivity index (χ1v) is 41.2. The van der Waals surface area contributed by atoms with Gasteiger partial charge in [-0.25, -0.2) is 9.13 Å². The van der Waals surface area contributed by atoms with Crippen molar-refractivity contribution in [3.8, 4) is 0 Å². The Labute approximate surface area is 573 Å². The van der Waals surface area contributed by atoms with Crippen molar-refractivity contribution < 1.29 is 80.2 Å². The molecule has 0 fully saturated rings. The van der Waals surface area contributed by atoms with E-state index in [2.05, 4.69) is 72.8 Å². The van der Waals surface area contributed by atoms with Gasteiger partial charge in [0.2, 0.25) is 0 Å². The van der Waals surface area contributed by atoms with E-state index < -0.39 is 97.5 Å². The summed E-state index contributed by atoms with van der Waals surface area (Å²) in [5.74, 6) is 0.0911. The summed E-state index contributed by atoms with van der Waals surface area (Å²) in [5.41, 5.74) is 0. The number of aliphatic hydroxyl groups excluding tert-OH is 1. The number of ether oxygens (including phenoxy) is 4. The van der Waals surface area contributed by atoms with Crippen LogP contribution in [0.15, 0.2) is 24.3 Å². The smallest absolute Gasteiger partial charge is 0.462 e. The molecular weight excluding hydrogens is 1230 g/mol. The third kappa shape index (κ3) is 68.1. The van der Waals surface area contributed by atoms with Gasteiger partial charge in [-0.1, -0.05) is 304 Å². The average Bonchev–Trinajstić information content (AvgIpc) is 1.81. The molecule has 19 heteroatoms. The molecule has 94 heavy (non-hydrogen) atoms. The van der Waals surface area contributed by atoms with Gasteiger partial charge < -0.3 is 33.8 Å². The van der Waals surface area contributed by atoms with E-state index in [0.29, 0.717) is 31.6 Å². The molecule has 554 valence electrons. The zero-order valence-corrected chi connectivity index (χ0v) is 62.7. The highest BCUT2D eigenvalue weighted by atomic mass is 31.2. The fourth-order valence-electron chi connectivity index (χ4n) is 10.9. The highest BCUT2D eigenvalue weighted by Gasteiger charge is 2.30. The molecule has 0 aromatic carbocycles. The summed E-state index contributed by atoms with van der Waals surface area (Å²) in [6.07, 6.45) is 53.6. The SMILES string of the molecule is CCCCCC/C=C\C=C/CCCCCCCC(=O)O[C@H](COC(=O)CCCCCCCCCC(C)C)COP(=O)(O)OCC(O)COP(=O)(O)OC[C@@H](COC(=O)CCCCCCCCCCCCCCCC(C)C)OC(=O)CCCCCCCCCCCCC(C)C. The zero-order valence-electron chi connectivity index (χ0n) is 60.9. The first-order valence-electron chi connectivity index (χ1n) is 38.2. The number of carbonyl (C=O) groups is 4. The minimum atomic E-state index is -4.96. The first kappa shape index (κ1) is 91.5. The van der Waals surface area contributed by atoms with E-state index in [0.717, 1.165) is 121 Å². The summed E-state index contributed by atoms with van der Waals surface area (Å²) in [7, 11) is -9.92. The molecule has 0 spiro atoms. The Morgan fingerprint density at radius 3 is 0.862 bits per heavy atom. The maximum atomic E-state index is 13.1. The second-order valence-electron chi connectivity index (χ2n) is 27.8. The maximum Gasteiger partial charge on any atom is 0.472 e. The van der Waals surface area contributed by atoms with Crippen molar-refractivity contribution in [2.24, 2.45) is 17.8 Å². The third-order valence-electron chi connectivity index (χ3n) is 16.8. The van der Waals surface area contributed by atoms with Crippen LogP contribution in [0.5, 0.6) is 0 Å². The van der Waals surface area contributed by atoms with Crippen LogP contribution in [-0.2, 0) is 65.4 Å². The molecule has 0 rings (SSSR count). The summed E-state index contributed by atoms with van der Waals surface area (Å²) in [6, 6.07) is 0. The number of phosphoric acid groups is 2. The van der Waals surface area contributed by atoms with Crippen molar-refractivity contribution in [1.82, 2.24) is 0 Å². The van der Waals surface area contributed by atoms with E-state index >= 15 is 0 Å². The molecule has 0 aliphatic carbocycles. The van der Waals surface area contributed by atoms with Crippen molar-refractivity contribution in [2.75, 3.05) is 39.6 Å². The topological polar surface area (TPSA) is 237 Å². The van der Waals surface area contributed by atoms with Crippen molar-refractivity contribution in [3.05, 3.63) is 24.3 Å². The van der Waals surface area contributed by atoms with Crippen LogP contribution in [0, 0.1) is 17.8 Å². The Morgan fingerprint density at radius 1 is 0.330 bits per heavy atom. The fraction of sp³-hybridized carbons (Fsp3) is 0.893. The predicted octanol–water partition coefficient (Wildman–Crippen LogP) is 21.3. The molecule has 0 aromatic rings. The van der Waals surface area contributed by atoms with Crippen LogP contribution in [0.3, 0.4) is 0 Å².